The number of fused-ring (bicyclic) bond motifs is 1. The molecule has 5 nitrogen and oxygen atoms in total. The Morgan fingerprint density at radius 2 is 1.81 bits per heavy atom. The molecule has 2 N–H and O–H groups in total. The number of anilines is 1. The van der Waals surface area contributed by atoms with Crippen molar-refractivity contribution in [3.05, 3.63) is 53.6 Å². The molecule has 0 atom stereocenters. The average Bonchev–Trinajstić information content (AvgIpc) is 2.67. The quantitative estimate of drug-likeness (QED) is 0.377. The van der Waals surface area contributed by atoms with E-state index in [1.807, 2.05) is 60.1 Å². The number of nitrogens with two attached hydrogens (primary N) is 1. The van der Waals surface area contributed by atoms with Crippen LogP contribution in [0.25, 0.3) is 22.0 Å². The van der Waals surface area contributed by atoms with Crippen LogP contribution in [-0.2, 0) is 16.1 Å². The first-order chi connectivity index (χ1) is 13.1. The number of benzene rings is 2. The average molecular weight is 385 g/mol. The third-order valence-electron chi connectivity index (χ3n) is 4.37. The topological polar surface area (TPSA) is 69.1 Å². The summed E-state index contributed by atoms with van der Waals surface area (Å²) in [7, 11) is 0. The zero-order valence-electron chi connectivity index (χ0n) is 15.3. The van der Waals surface area contributed by atoms with Crippen molar-refractivity contribution < 1.29 is 14.2 Å². The summed E-state index contributed by atoms with van der Waals surface area (Å²) in [5.74, 6) is 0.333. The van der Waals surface area contributed by atoms with Gasteiger partial charge in [0.05, 0.1) is 12.0 Å². The van der Waals surface area contributed by atoms with Crippen molar-refractivity contribution >= 4 is 34.2 Å². The van der Waals surface area contributed by atoms with E-state index in [0.717, 1.165) is 34.9 Å². The SMILES string of the molecule is CCOC(=O)CCCC[n+]1nc(N)c2ccccc2c1-c1ccc(Cl)cc1. The van der Waals surface area contributed by atoms with Gasteiger partial charge in [0, 0.05) is 33.9 Å². The van der Waals surface area contributed by atoms with Gasteiger partial charge < -0.3 is 10.5 Å². The number of carbonyl (C=O) groups excluding carboxylic acids is 1. The molecule has 0 aliphatic carbocycles. The number of aryl methyl sites for hydroxylation is 1. The number of ether oxygens (including phenoxy) is 1. The van der Waals surface area contributed by atoms with E-state index in [1.165, 1.54) is 0 Å². The van der Waals surface area contributed by atoms with E-state index < -0.39 is 0 Å². The van der Waals surface area contributed by atoms with Gasteiger partial charge >= 0.3 is 5.97 Å². The molecule has 0 spiro atoms. The molecule has 0 amide bonds. The number of hydrogen-bond acceptors (Lipinski definition) is 4. The largest absolute Gasteiger partial charge is 0.466 e. The van der Waals surface area contributed by atoms with Crippen LogP contribution >= 0.6 is 11.6 Å². The molecule has 3 aromatic rings. The number of aromatic nitrogens is 2. The lowest BCUT2D eigenvalue weighted by Gasteiger charge is -2.08. The normalized spacial score (nSPS) is 10.9. The van der Waals surface area contributed by atoms with Crippen LogP contribution in [0.5, 0.6) is 0 Å². The fraction of sp³-hybridized carbons (Fsp3) is 0.286. The van der Waals surface area contributed by atoms with Crippen LogP contribution in [0, 0.1) is 0 Å². The van der Waals surface area contributed by atoms with Crippen LogP contribution in [0.3, 0.4) is 0 Å². The van der Waals surface area contributed by atoms with Crippen molar-refractivity contribution in [2.75, 3.05) is 12.3 Å². The van der Waals surface area contributed by atoms with Gasteiger partial charge in [-0.15, -0.1) is 0 Å². The minimum Gasteiger partial charge on any atom is -0.466 e. The monoisotopic (exact) mass is 384 g/mol. The Balaban J connectivity index is 1.92. The van der Waals surface area contributed by atoms with Gasteiger partial charge in [-0.1, -0.05) is 34.5 Å². The fourth-order valence-electron chi connectivity index (χ4n) is 3.12. The molecule has 0 bridgehead atoms. The first kappa shape index (κ1) is 19.1. The van der Waals surface area contributed by atoms with Gasteiger partial charge in [-0.05, 0) is 43.7 Å². The van der Waals surface area contributed by atoms with Gasteiger partial charge in [0.15, 0.2) is 12.4 Å². The highest BCUT2D eigenvalue weighted by Crippen LogP contribution is 2.28. The van der Waals surface area contributed by atoms with Crippen molar-refractivity contribution in [3.8, 4) is 11.3 Å². The first-order valence-electron chi connectivity index (χ1n) is 9.10. The summed E-state index contributed by atoms with van der Waals surface area (Å²) < 4.78 is 6.90. The number of carbonyl (C=O) groups is 1. The minimum atomic E-state index is -0.161. The highest BCUT2D eigenvalue weighted by atomic mass is 35.5. The molecule has 1 aromatic heterocycles. The fourth-order valence-corrected chi connectivity index (χ4v) is 3.25. The Labute approximate surface area is 163 Å². The number of hydrogen-bond donors (Lipinski definition) is 1. The van der Waals surface area contributed by atoms with E-state index in [4.69, 9.17) is 22.1 Å². The van der Waals surface area contributed by atoms with Crippen molar-refractivity contribution in [1.82, 2.24) is 5.10 Å². The maximum Gasteiger partial charge on any atom is 0.305 e. The second-order valence-electron chi connectivity index (χ2n) is 6.27. The van der Waals surface area contributed by atoms with Crippen molar-refractivity contribution in [3.63, 3.8) is 0 Å². The summed E-state index contributed by atoms with van der Waals surface area (Å²) in [5, 5.41) is 7.25. The minimum absolute atomic E-state index is 0.161. The molecule has 0 unspecified atom stereocenters. The highest BCUT2D eigenvalue weighted by Gasteiger charge is 2.21. The Kier molecular flexibility index (Phi) is 6.24. The molecule has 2 aromatic carbocycles. The van der Waals surface area contributed by atoms with Crippen LogP contribution in [0.15, 0.2) is 48.5 Å². The number of nitrogens with zero attached hydrogens (tertiary/aromatic N) is 2. The number of rotatable bonds is 7. The van der Waals surface area contributed by atoms with E-state index in [9.17, 15) is 4.79 Å². The van der Waals surface area contributed by atoms with E-state index >= 15 is 0 Å². The van der Waals surface area contributed by atoms with E-state index in [-0.39, 0.29) is 5.97 Å². The van der Waals surface area contributed by atoms with Crippen LogP contribution in [0.2, 0.25) is 5.02 Å². The zero-order valence-corrected chi connectivity index (χ0v) is 16.1. The van der Waals surface area contributed by atoms with E-state index in [1.54, 1.807) is 0 Å². The summed E-state index contributed by atoms with van der Waals surface area (Å²) >= 11 is 6.05. The van der Waals surface area contributed by atoms with Crippen molar-refractivity contribution in [2.24, 2.45) is 0 Å². The predicted molar refractivity (Wildman–Crippen MR) is 107 cm³/mol. The molecule has 0 saturated heterocycles. The Morgan fingerprint density at radius 3 is 2.52 bits per heavy atom. The summed E-state index contributed by atoms with van der Waals surface area (Å²) in [4.78, 5) is 11.5. The van der Waals surface area contributed by atoms with Gasteiger partial charge in [-0.25, -0.2) is 0 Å². The standard InChI is InChI=1S/C21H23ClN3O2/c1-2-27-19(26)9-5-6-14-25-20(15-10-12-16(22)13-11-15)17-7-3-4-8-18(17)21(23)24-25/h3-4,7-8,10-13H,2,5-6,9,14H2,1H3,(H2,23,24)/q+1. The molecule has 0 aliphatic heterocycles. The third kappa shape index (κ3) is 4.55. The van der Waals surface area contributed by atoms with Gasteiger partial charge in [-0.2, -0.15) is 0 Å². The molecule has 140 valence electrons. The van der Waals surface area contributed by atoms with Crippen molar-refractivity contribution in [2.45, 2.75) is 32.7 Å². The molecular formula is C21H23ClN3O2+. The van der Waals surface area contributed by atoms with E-state index in [0.29, 0.717) is 30.4 Å². The van der Waals surface area contributed by atoms with Crippen LogP contribution in [0.1, 0.15) is 26.2 Å². The maximum atomic E-state index is 11.5. The lowest BCUT2D eigenvalue weighted by atomic mass is 10.0. The molecule has 0 fully saturated rings. The number of unbranched alkanes of at least 4 members (excludes halogenated alkanes) is 1. The summed E-state index contributed by atoms with van der Waals surface area (Å²) in [6.45, 7) is 2.89. The van der Waals surface area contributed by atoms with Gasteiger partial charge in [0.2, 0.25) is 5.69 Å². The lowest BCUT2D eigenvalue weighted by Crippen LogP contribution is -2.41. The van der Waals surface area contributed by atoms with Crippen molar-refractivity contribution in [1.29, 1.82) is 0 Å². The number of halogens is 1. The summed E-state index contributed by atoms with van der Waals surface area (Å²) in [5.41, 5.74) is 8.21. The van der Waals surface area contributed by atoms with Gasteiger partial charge in [-0.3, -0.25) is 4.79 Å². The number of esters is 1. The van der Waals surface area contributed by atoms with E-state index in [2.05, 4.69) is 5.10 Å². The van der Waals surface area contributed by atoms with Crippen LogP contribution in [-0.4, -0.2) is 17.7 Å². The molecule has 27 heavy (non-hydrogen) atoms. The molecule has 3 rings (SSSR count). The molecular weight excluding hydrogens is 362 g/mol. The van der Waals surface area contributed by atoms with Crippen LogP contribution < -0.4 is 10.4 Å². The van der Waals surface area contributed by atoms with Gasteiger partial charge in [0.25, 0.3) is 0 Å². The summed E-state index contributed by atoms with van der Waals surface area (Å²) in [6.07, 6.45) is 1.95. The maximum absolute atomic E-state index is 11.5. The smallest absolute Gasteiger partial charge is 0.305 e. The third-order valence-corrected chi connectivity index (χ3v) is 4.62. The zero-order chi connectivity index (χ0) is 19.2. The summed E-state index contributed by atoms with van der Waals surface area (Å²) in [6, 6.07) is 15.7. The molecule has 0 aliphatic rings. The Bertz CT molecular complexity index is 942. The second-order valence-corrected chi connectivity index (χ2v) is 6.71. The Hall–Kier alpha value is -2.66. The highest BCUT2D eigenvalue weighted by molar-refractivity contribution is 6.30. The lowest BCUT2D eigenvalue weighted by molar-refractivity contribution is -0.741. The second kappa shape index (κ2) is 8.82. The van der Waals surface area contributed by atoms with Gasteiger partial charge in [0.1, 0.15) is 0 Å². The number of nitrogen functional groups attached to an aromatic ring is 1. The van der Waals surface area contributed by atoms with Crippen LogP contribution in [0.4, 0.5) is 5.82 Å². The molecule has 0 saturated carbocycles. The predicted octanol–water partition coefficient (Wildman–Crippen LogP) is 4.16. The first-order valence-corrected chi connectivity index (χ1v) is 9.48. The Morgan fingerprint density at radius 1 is 1.11 bits per heavy atom. The molecule has 0 radical (unpaired) electrons. The molecule has 6 heteroatoms. The molecule has 1 heterocycles.